The highest BCUT2D eigenvalue weighted by atomic mass is 35.5. The standard InChI is InChI=1S/C13H9ClFN3OS/c1-18-5-4-10(17-18)16-13(19)12-11(14)8-3-2-7(15)6-9(8)20-12/h2-6H,1H3,(H,16,17,19). The number of halogens is 2. The largest absolute Gasteiger partial charge is 0.304 e. The third kappa shape index (κ3) is 2.28. The van der Waals surface area contributed by atoms with Crippen LogP contribution in [-0.2, 0) is 7.05 Å². The minimum absolute atomic E-state index is 0.332. The molecule has 2 heterocycles. The van der Waals surface area contributed by atoms with Gasteiger partial charge in [-0.1, -0.05) is 11.6 Å². The molecule has 20 heavy (non-hydrogen) atoms. The van der Waals surface area contributed by atoms with Gasteiger partial charge in [0.25, 0.3) is 5.91 Å². The number of amides is 1. The molecule has 4 nitrogen and oxygen atoms in total. The van der Waals surface area contributed by atoms with Crippen molar-refractivity contribution < 1.29 is 9.18 Å². The van der Waals surface area contributed by atoms with Crippen LogP contribution in [0.5, 0.6) is 0 Å². The summed E-state index contributed by atoms with van der Waals surface area (Å²) >= 11 is 7.33. The molecule has 0 unspecified atom stereocenters. The monoisotopic (exact) mass is 309 g/mol. The Balaban J connectivity index is 1.97. The van der Waals surface area contributed by atoms with Crippen molar-refractivity contribution in [1.82, 2.24) is 9.78 Å². The zero-order valence-corrected chi connectivity index (χ0v) is 11.9. The summed E-state index contributed by atoms with van der Waals surface area (Å²) in [6, 6.07) is 5.94. The molecule has 1 amide bonds. The van der Waals surface area contributed by atoms with Gasteiger partial charge in [-0.2, -0.15) is 5.10 Å². The van der Waals surface area contributed by atoms with Crippen LogP contribution in [0.1, 0.15) is 9.67 Å². The van der Waals surface area contributed by atoms with Crippen LogP contribution >= 0.6 is 22.9 Å². The molecule has 0 aliphatic rings. The molecule has 0 saturated heterocycles. The fourth-order valence-electron chi connectivity index (χ4n) is 1.84. The van der Waals surface area contributed by atoms with Gasteiger partial charge in [0.1, 0.15) is 10.7 Å². The number of benzene rings is 1. The van der Waals surface area contributed by atoms with E-state index in [0.29, 0.717) is 25.8 Å². The van der Waals surface area contributed by atoms with Crippen molar-refractivity contribution in [3.05, 3.63) is 46.2 Å². The van der Waals surface area contributed by atoms with E-state index in [-0.39, 0.29) is 11.7 Å². The van der Waals surface area contributed by atoms with E-state index < -0.39 is 0 Å². The van der Waals surface area contributed by atoms with Gasteiger partial charge in [-0.3, -0.25) is 9.48 Å². The lowest BCUT2D eigenvalue weighted by atomic mass is 10.2. The topological polar surface area (TPSA) is 46.9 Å². The van der Waals surface area contributed by atoms with Crippen LogP contribution in [0, 0.1) is 5.82 Å². The molecule has 0 spiro atoms. The number of carbonyl (C=O) groups is 1. The van der Waals surface area contributed by atoms with Gasteiger partial charge in [-0.25, -0.2) is 4.39 Å². The van der Waals surface area contributed by atoms with E-state index >= 15 is 0 Å². The Morgan fingerprint density at radius 2 is 2.25 bits per heavy atom. The molecule has 3 rings (SSSR count). The lowest BCUT2D eigenvalue weighted by Gasteiger charge is -1.99. The zero-order valence-electron chi connectivity index (χ0n) is 10.4. The minimum Gasteiger partial charge on any atom is -0.304 e. The summed E-state index contributed by atoms with van der Waals surface area (Å²) in [5.74, 6) is -0.264. The zero-order chi connectivity index (χ0) is 14.3. The Labute approximate surface area is 122 Å². The second-order valence-corrected chi connectivity index (χ2v) is 5.64. The van der Waals surface area contributed by atoms with Crippen LogP contribution in [-0.4, -0.2) is 15.7 Å². The molecule has 0 aliphatic heterocycles. The third-order valence-corrected chi connectivity index (χ3v) is 4.41. The van der Waals surface area contributed by atoms with Crippen molar-refractivity contribution in [3.8, 4) is 0 Å². The quantitative estimate of drug-likeness (QED) is 0.785. The van der Waals surface area contributed by atoms with Crippen LogP contribution in [0.15, 0.2) is 30.5 Å². The molecule has 0 bridgehead atoms. The summed E-state index contributed by atoms with van der Waals surface area (Å²) in [4.78, 5) is 12.5. The van der Waals surface area contributed by atoms with E-state index in [2.05, 4.69) is 10.4 Å². The van der Waals surface area contributed by atoms with Gasteiger partial charge in [-0.05, 0) is 18.2 Å². The van der Waals surface area contributed by atoms with Gasteiger partial charge < -0.3 is 5.32 Å². The molecule has 0 fully saturated rings. The number of fused-ring (bicyclic) bond motifs is 1. The average molecular weight is 310 g/mol. The number of anilines is 1. The lowest BCUT2D eigenvalue weighted by Crippen LogP contribution is -2.11. The van der Waals surface area contributed by atoms with Crippen LogP contribution in [0.3, 0.4) is 0 Å². The summed E-state index contributed by atoms with van der Waals surface area (Å²) in [6.45, 7) is 0. The van der Waals surface area contributed by atoms with Crippen LogP contribution < -0.4 is 5.32 Å². The number of nitrogens with zero attached hydrogens (tertiary/aromatic N) is 2. The first-order chi connectivity index (χ1) is 9.54. The van der Waals surface area contributed by atoms with Crippen LogP contribution in [0.4, 0.5) is 10.2 Å². The predicted octanol–water partition coefficient (Wildman–Crippen LogP) is 3.68. The highest BCUT2D eigenvalue weighted by Crippen LogP contribution is 2.36. The summed E-state index contributed by atoms with van der Waals surface area (Å²) in [5, 5.41) is 7.72. The maximum absolute atomic E-state index is 13.2. The highest BCUT2D eigenvalue weighted by molar-refractivity contribution is 7.21. The van der Waals surface area contributed by atoms with E-state index in [4.69, 9.17) is 11.6 Å². The smallest absolute Gasteiger partial charge is 0.268 e. The number of rotatable bonds is 2. The Bertz CT molecular complexity index is 811. The van der Waals surface area contributed by atoms with Crippen molar-refractivity contribution >= 4 is 44.7 Å². The van der Waals surface area contributed by atoms with Crippen molar-refractivity contribution in [2.45, 2.75) is 0 Å². The lowest BCUT2D eigenvalue weighted by molar-refractivity contribution is 0.103. The molecule has 0 radical (unpaired) electrons. The number of aromatic nitrogens is 2. The molecule has 2 aromatic heterocycles. The molecular formula is C13H9ClFN3OS. The first-order valence-electron chi connectivity index (χ1n) is 5.73. The highest BCUT2D eigenvalue weighted by Gasteiger charge is 2.18. The molecule has 1 aromatic carbocycles. The van der Waals surface area contributed by atoms with E-state index in [1.165, 1.54) is 12.1 Å². The van der Waals surface area contributed by atoms with E-state index in [0.717, 1.165) is 11.3 Å². The fraction of sp³-hybridized carbons (Fsp3) is 0.0769. The van der Waals surface area contributed by atoms with E-state index in [1.54, 1.807) is 30.1 Å². The van der Waals surface area contributed by atoms with Crippen molar-refractivity contribution in [2.24, 2.45) is 7.05 Å². The van der Waals surface area contributed by atoms with Crippen LogP contribution in [0.25, 0.3) is 10.1 Å². The number of carbonyl (C=O) groups excluding carboxylic acids is 1. The first kappa shape index (κ1) is 13.1. The number of aryl methyl sites for hydroxylation is 1. The van der Waals surface area contributed by atoms with Gasteiger partial charge in [-0.15, -0.1) is 11.3 Å². The minimum atomic E-state index is -0.355. The Morgan fingerprint density at radius 3 is 2.95 bits per heavy atom. The molecule has 1 N–H and O–H groups in total. The fourth-order valence-corrected chi connectivity index (χ4v) is 3.28. The summed E-state index contributed by atoms with van der Waals surface area (Å²) in [6.07, 6.45) is 1.72. The van der Waals surface area contributed by atoms with Gasteiger partial charge >= 0.3 is 0 Å². The number of hydrogen-bond donors (Lipinski definition) is 1. The number of nitrogens with one attached hydrogen (secondary N) is 1. The predicted molar refractivity (Wildman–Crippen MR) is 78.0 cm³/mol. The summed E-state index contributed by atoms with van der Waals surface area (Å²) < 4.78 is 15.4. The molecule has 7 heteroatoms. The van der Waals surface area contributed by atoms with Gasteiger partial charge in [0.05, 0.1) is 5.02 Å². The molecule has 0 saturated carbocycles. The third-order valence-electron chi connectivity index (χ3n) is 2.75. The second kappa shape index (κ2) is 4.88. The molecule has 3 aromatic rings. The normalized spacial score (nSPS) is 10.9. The molecule has 0 aliphatic carbocycles. The van der Waals surface area contributed by atoms with Crippen LogP contribution in [0.2, 0.25) is 5.02 Å². The molecule has 102 valence electrons. The van der Waals surface area contributed by atoms with Gasteiger partial charge in [0, 0.05) is 29.4 Å². The van der Waals surface area contributed by atoms with Crippen molar-refractivity contribution in [3.63, 3.8) is 0 Å². The summed E-state index contributed by atoms with van der Waals surface area (Å²) in [7, 11) is 1.75. The van der Waals surface area contributed by atoms with Gasteiger partial charge in [0.2, 0.25) is 0 Å². The Hall–Kier alpha value is -1.92. The Morgan fingerprint density at radius 1 is 1.45 bits per heavy atom. The van der Waals surface area contributed by atoms with Crippen molar-refractivity contribution in [1.29, 1.82) is 0 Å². The molecular weight excluding hydrogens is 301 g/mol. The Kier molecular flexibility index (Phi) is 3.19. The van der Waals surface area contributed by atoms with Crippen molar-refractivity contribution in [2.75, 3.05) is 5.32 Å². The summed E-state index contributed by atoms with van der Waals surface area (Å²) in [5.41, 5.74) is 0. The number of hydrogen-bond acceptors (Lipinski definition) is 3. The van der Waals surface area contributed by atoms with Gasteiger partial charge in [0.15, 0.2) is 5.82 Å². The first-order valence-corrected chi connectivity index (χ1v) is 6.92. The average Bonchev–Trinajstić information content (AvgIpc) is 2.94. The van der Waals surface area contributed by atoms with E-state index in [1.807, 2.05) is 0 Å². The van der Waals surface area contributed by atoms with E-state index in [9.17, 15) is 9.18 Å². The maximum atomic E-state index is 13.2. The molecule has 0 atom stereocenters. The second-order valence-electron chi connectivity index (χ2n) is 4.21. The maximum Gasteiger partial charge on any atom is 0.268 e. The SMILES string of the molecule is Cn1ccc(NC(=O)c2sc3cc(F)ccc3c2Cl)n1. The number of thiophene rings is 1.